The maximum atomic E-state index is 2.49. The average Bonchev–Trinajstić information content (AvgIpc) is 3.40. The standard InChI is InChI=1S/C44H28/c1-25-14-19-33-37(22-25)38(30-12-7-13-35-32(30)21-18-28-17-16-27-8-3-4-9-29(27)43(28)35)23-40-36-20-15-26(2)42-34-11-6-5-10-31(34)41(44(36)42)24-39(33)40/h3-24H,1-2H3. The molecule has 0 nitrogen and oxygen atoms in total. The SMILES string of the molecule is Cc1ccc2c(c1)c(-c1cccc3c1ccc1ccc4ccccc4c13)cc1c3ccc(C)c4c3c(cc21)-c1ccccc1-4. The van der Waals surface area contributed by atoms with Gasteiger partial charge in [0.05, 0.1) is 0 Å². The number of rotatable bonds is 1. The van der Waals surface area contributed by atoms with Gasteiger partial charge in [-0.15, -0.1) is 0 Å². The summed E-state index contributed by atoms with van der Waals surface area (Å²) in [5.41, 5.74) is 10.7. The summed E-state index contributed by atoms with van der Waals surface area (Å²) >= 11 is 0. The summed E-state index contributed by atoms with van der Waals surface area (Å²) in [6.07, 6.45) is 0. The Morgan fingerprint density at radius 2 is 0.977 bits per heavy atom. The normalized spacial score (nSPS) is 12.3. The van der Waals surface area contributed by atoms with Crippen molar-refractivity contribution in [3.8, 4) is 33.4 Å². The predicted octanol–water partition coefficient (Wildman–Crippen LogP) is 12.5. The van der Waals surface area contributed by atoms with Gasteiger partial charge in [0.1, 0.15) is 0 Å². The largest absolute Gasteiger partial charge is 0.0616 e. The number of aryl methyl sites for hydroxylation is 2. The topological polar surface area (TPSA) is 0 Å². The van der Waals surface area contributed by atoms with Crippen molar-refractivity contribution < 1.29 is 0 Å². The van der Waals surface area contributed by atoms with E-state index in [0.29, 0.717) is 0 Å². The molecule has 1 aliphatic rings. The summed E-state index contributed by atoms with van der Waals surface area (Å²) in [5.74, 6) is 0. The minimum atomic E-state index is 1.28. The monoisotopic (exact) mass is 556 g/mol. The Bertz CT molecular complexity index is 2720. The van der Waals surface area contributed by atoms with E-state index in [0.717, 1.165) is 0 Å². The van der Waals surface area contributed by atoms with E-state index in [1.807, 2.05) is 0 Å². The number of fused-ring (bicyclic) bond motifs is 12. The molecule has 204 valence electrons. The molecule has 0 N–H and O–H groups in total. The number of benzene rings is 9. The molecule has 0 heterocycles. The minimum absolute atomic E-state index is 1.28. The van der Waals surface area contributed by atoms with Gasteiger partial charge in [0.2, 0.25) is 0 Å². The molecule has 9 aromatic rings. The first kappa shape index (κ1) is 24.0. The van der Waals surface area contributed by atoms with Crippen molar-refractivity contribution in [1.82, 2.24) is 0 Å². The molecule has 44 heavy (non-hydrogen) atoms. The fourth-order valence-corrected chi connectivity index (χ4v) is 8.18. The summed E-state index contributed by atoms with van der Waals surface area (Å²) in [6, 6.07) is 50.4. The zero-order valence-electron chi connectivity index (χ0n) is 24.7. The van der Waals surface area contributed by atoms with E-state index in [9.17, 15) is 0 Å². The minimum Gasteiger partial charge on any atom is -0.0616 e. The highest BCUT2D eigenvalue weighted by atomic mass is 14.3. The lowest BCUT2D eigenvalue weighted by Gasteiger charge is -2.17. The van der Waals surface area contributed by atoms with Crippen LogP contribution in [0.2, 0.25) is 0 Å². The highest BCUT2D eigenvalue weighted by molar-refractivity contribution is 6.30. The molecule has 0 atom stereocenters. The summed E-state index contributed by atoms with van der Waals surface area (Å²) in [6.45, 7) is 4.46. The van der Waals surface area contributed by atoms with Crippen molar-refractivity contribution in [2.75, 3.05) is 0 Å². The van der Waals surface area contributed by atoms with Gasteiger partial charge in [-0.2, -0.15) is 0 Å². The van der Waals surface area contributed by atoms with E-state index in [4.69, 9.17) is 0 Å². The summed E-state index contributed by atoms with van der Waals surface area (Å²) < 4.78 is 0. The van der Waals surface area contributed by atoms with Crippen molar-refractivity contribution in [3.05, 3.63) is 145 Å². The summed E-state index contributed by atoms with van der Waals surface area (Å²) in [4.78, 5) is 0. The zero-order chi connectivity index (χ0) is 29.1. The first-order chi connectivity index (χ1) is 21.7. The van der Waals surface area contributed by atoms with Gasteiger partial charge in [-0.25, -0.2) is 0 Å². The Morgan fingerprint density at radius 3 is 1.91 bits per heavy atom. The van der Waals surface area contributed by atoms with Crippen LogP contribution in [-0.4, -0.2) is 0 Å². The van der Waals surface area contributed by atoms with Crippen LogP contribution in [0.5, 0.6) is 0 Å². The maximum absolute atomic E-state index is 2.49. The second kappa shape index (κ2) is 8.56. The molecule has 0 spiro atoms. The first-order valence-electron chi connectivity index (χ1n) is 15.5. The van der Waals surface area contributed by atoms with Gasteiger partial charge in [0.25, 0.3) is 0 Å². The Hall–Kier alpha value is -5.46. The molecule has 0 unspecified atom stereocenters. The van der Waals surface area contributed by atoms with Gasteiger partial charge in [0, 0.05) is 0 Å². The van der Waals surface area contributed by atoms with Crippen molar-refractivity contribution in [2.45, 2.75) is 13.8 Å². The van der Waals surface area contributed by atoms with Gasteiger partial charge in [-0.1, -0.05) is 127 Å². The molecule has 0 amide bonds. The molecule has 0 fully saturated rings. The zero-order valence-corrected chi connectivity index (χ0v) is 24.7. The Kier molecular flexibility index (Phi) is 4.67. The molecule has 9 aromatic carbocycles. The third kappa shape index (κ3) is 3.07. The molecule has 0 aromatic heterocycles. The third-order valence-corrected chi connectivity index (χ3v) is 10.1. The molecule has 0 bridgehead atoms. The molecule has 10 rings (SSSR count). The van der Waals surface area contributed by atoms with E-state index in [1.165, 1.54) is 109 Å². The van der Waals surface area contributed by atoms with Crippen LogP contribution in [0.15, 0.2) is 133 Å². The van der Waals surface area contributed by atoms with E-state index >= 15 is 0 Å². The molecule has 1 aliphatic carbocycles. The van der Waals surface area contributed by atoms with Gasteiger partial charge in [-0.3, -0.25) is 0 Å². The molecule has 0 saturated carbocycles. The predicted molar refractivity (Wildman–Crippen MR) is 191 cm³/mol. The van der Waals surface area contributed by atoms with Crippen LogP contribution in [0, 0.1) is 13.8 Å². The van der Waals surface area contributed by atoms with Crippen molar-refractivity contribution in [3.63, 3.8) is 0 Å². The fourth-order valence-electron chi connectivity index (χ4n) is 8.18. The molecule has 0 saturated heterocycles. The molecular formula is C44H28. The molecule has 0 aliphatic heterocycles. The van der Waals surface area contributed by atoms with Gasteiger partial charge in [0.15, 0.2) is 0 Å². The van der Waals surface area contributed by atoms with Crippen LogP contribution < -0.4 is 0 Å². The second-order valence-electron chi connectivity index (χ2n) is 12.6. The smallest absolute Gasteiger partial charge is 0.00172 e. The lowest BCUT2D eigenvalue weighted by atomic mass is 9.86. The van der Waals surface area contributed by atoms with Crippen LogP contribution in [0.4, 0.5) is 0 Å². The first-order valence-corrected chi connectivity index (χ1v) is 15.5. The average molecular weight is 557 g/mol. The van der Waals surface area contributed by atoms with Gasteiger partial charge < -0.3 is 0 Å². The fraction of sp³-hybridized carbons (Fsp3) is 0.0455. The van der Waals surface area contributed by atoms with Crippen LogP contribution in [0.3, 0.4) is 0 Å². The van der Waals surface area contributed by atoms with Crippen LogP contribution in [0.25, 0.3) is 98.0 Å². The third-order valence-electron chi connectivity index (χ3n) is 10.1. The lowest BCUT2D eigenvalue weighted by Crippen LogP contribution is -1.90. The Balaban J connectivity index is 1.38. The summed E-state index contributed by atoms with van der Waals surface area (Å²) in [5, 5.41) is 15.8. The quantitative estimate of drug-likeness (QED) is 0.176. The van der Waals surface area contributed by atoms with E-state index in [2.05, 4.69) is 147 Å². The Morgan fingerprint density at radius 1 is 0.318 bits per heavy atom. The summed E-state index contributed by atoms with van der Waals surface area (Å²) in [7, 11) is 0. The molecule has 0 radical (unpaired) electrons. The Labute approximate surface area is 255 Å². The van der Waals surface area contributed by atoms with Crippen LogP contribution in [0.1, 0.15) is 11.1 Å². The van der Waals surface area contributed by atoms with E-state index in [1.54, 1.807) is 0 Å². The highest BCUT2D eigenvalue weighted by Gasteiger charge is 2.25. The second-order valence-corrected chi connectivity index (χ2v) is 12.6. The molecular weight excluding hydrogens is 528 g/mol. The number of hydrogen-bond donors (Lipinski definition) is 0. The van der Waals surface area contributed by atoms with E-state index < -0.39 is 0 Å². The van der Waals surface area contributed by atoms with Crippen molar-refractivity contribution >= 4 is 64.6 Å². The van der Waals surface area contributed by atoms with Crippen LogP contribution in [-0.2, 0) is 0 Å². The van der Waals surface area contributed by atoms with Crippen molar-refractivity contribution in [2.24, 2.45) is 0 Å². The lowest BCUT2D eigenvalue weighted by molar-refractivity contribution is 1.51. The number of hydrogen-bond acceptors (Lipinski definition) is 0. The van der Waals surface area contributed by atoms with Crippen LogP contribution >= 0.6 is 0 Å². The maximum Gasteiger partial charge on any atom is -0.00172 e. The van der Waals surface area contributed by atoms with E-state index in [-0.39, 0.29) is 0 Å². The van der Waals surface area contributed by atoms with Gasteiger partial charge in [-0.05, 0) is 130 Å². The molecule has 0 heteroatoms. The van der Waals surface area contributed by atoms with Crippen molar-refractivity contribution in [1.29, 1.82) is 0 Å². The van der Waals surface area contributed by atoms with Gasteiger partial charge >= 0.3 is 0 Å². The highest BCUT2D eigenvalue weighted by Crippen LogP contribution is 2.52.